The van der Waals surface area contributed by atoms with Crippen LogP contribution in [0.2, 0.25) is 0 Å². The normalized spacial score (nSPS) is 19.4. The summed E-state index contributed by atoms with van der Waals surface area (Å²) in [6, 6.07) is 19.0. The molecule has 3 heterocycles. The van der Waals surface area contributed by atoms with Crippen molar-refractivity contribution in [1.29, 1.82) is 0 Å². The van der Waals surface area contributed by atoms with E-state index < -0.39 is 11.6 Å². The van der Waals surface area contributed by atoms with Crippen LogP contribution in [0, 0.1) is 5.41 Å². The lowest BCUT2D eigenvalue weighted by Gasteiger charge is -2.20. The van der Waals surface area contributed by atoms with Crippen LogP contribution >= 0.6 is 11.8 Å². The number of amides is 1. The van der Waals surface area contributed by atoms with Crippen LogP contribution in [0.5, 0.6) is 0 Å². The lowest BCUT2D eigenvalue weighted by Crippen LogP contribution is -2.27. The van der Waals surface area contributed by atoms with Gasteiger partial charge in [0, 0.05) is 10.5 Å². The van der Waals surface area contributed by atoms with Gasteiger partial charge in [0.1, 0.15) is 19.2 Å². The van der Waals surface area contributed by atoms with Crippen LogP contribution in [0.4, 0.5) is 5.82 Å². The number of benzene rings is 2. The van der Waals surface area contributed by atoms with Crippen LogP contribution in [-0.4, -0.2) is 49.4 Å². The van der Waals surface area contributed by atoms with Gasteiger partial charge in [-0.15, -0.1) is 11.8 Å². The Bertz CT molecular complexity index is 1420. The second-order valence-corrected chi connectivity index (χ2v) is 11.4. The predicted octanol–water partition coefficient (Wildman–Crippen LogP) is 5.12. The minimum Gasteiger partial charge on any atom is -0.463 e. The number of fused-ring (bicyclic) bond motifs is 1. The van der Waals surface area contributed by atoms with Gasteiger partial charge in [0.15, 0.2) is 17.0 Å². The lowest BCUT2D eigenvalue weighted by molar-refractivity contribution is -0.157. The molecule has 196 valence electrons. The molecule has 0 radical (unpaired) electrons. The van der Waals surface area contributed by atoms with E-state index in [1.54, 1.807) is 42.4 Å². The SMILES string of the molecule is CC(C)(C)C(=O)OC[C@@H]1C[C@@H](Sc2ccccc2)[C@H](n2cnc3c(NC(=O)c4ccccc4)ncnc32)O1. The molecule has 1 amide bonds. The van der Waals surface area contributed by atoms with Crippen LogP contribution in [0.3, 0.4) is 0 Å². The average molecular weight is 532 g/mol. The zero-order chi connectivity index (χ0) is 26.7. The summed E-state index contributed by atoms with van der Waals surface area (Å²) < 4.78 is 13.9. The first-order valence-corrected chi connectivity index (χ1v) is 13.3. The molecule has 3 atom stereocenters. The summed E-state index contributed by atoms with van der Waals surface area (Å²) in [6.07, 6.45) is 3.02. The average Bonchev–Trinajstić information content (AvgIpc) is 3.52. The fourth-order valence-corrected chi connectivity index (χ4v) is 5.42. The third-order valence-corrected chi connectivity index (χ3v) is 7.36. The van der Waals surface area contributed by atoms with Gasteiger partial charge in [-0.2, -0.15) is 0 Å². The number of nitrogens with zero attached hydrogens (tertiary/aromatic N) is 4. The fraction of sp³-hybridized carbons (Fsp3) is 0.321. The zero-order valence-corrected chi connectivity index (χ0v) is 22.2. The first kappa shape index (κ1) is 25.9. The molecule has 0 saturated carbocycles. The van der Waals surface area contributed by atoms with Crippen molar-refractivity contribution in [2.45, 2.75) is 49.7 Å². The number of carbonyl (C=O) groups excluding carboxylic acids is 2. The molecule has 2 aromatic carbocycles. The van der Waals surface area contributed by atoms with Gasteiger partial charge in [-0.05, 0) is 51.5 Å². The van der Waals surface area contributed by atoms with Crippen LogP contribution in [-0.2, 0) is 14.3 Å². The van der Waals surface area contributed by atoms with E-state index in [4.69, 9.17) is 9.47 Å². The second-order valence-electron chi connectivity index (χ2n) is 10.1. The smallest absolute Gasteiger partial charge is 0.311 e. The number of imidazole rings is 1. The molecule has 5 rings (SSSR count). The van der Waals surface area contributed by atoms with Gasteiger partial charge in [-0.25, -0.2) is 15.0 Å². The first-order valence-electron chi connectivity index (χ1n) is 12.4. The maximum Gasteiger partial charge on any atom is 0.311 e. The molecular formula is C28H29N5O4S. The molecule has 0 aliphatic carbocycles. The minimum absolute atomic E-state index is 0.00506. The highest BCUT2D eigenvalue weighted by Gasteiger charge is 2.39. The van der Waals surface area contributed by atoms with Gasteiger partial charge < -0.3 is 14.8 Å². The molecule has 0 spiro atoms. The number of hydrogen-bond donors (Lipinski definition) is 1. The largest absolute Gasteiger partial charge is 0.463 e. The quantitative estimate of drug-likeness (QED) is 0.328. The molecule has 10 heteroatoms. The number of hydrogen-bond acceptors (Lipinski definition) is 8. The summed E-state index contributed by atoms with van der Waals surface area (Å²) in [5.74, 6) is -0.226. The molecule has 0 bridgehead atoms. The molecule has 0 unspecified atom stereocenters. The predicted molar refractivity (Wildman–Crippen MR) is 145 cm³/mol. The molecule has 9 nitrogen and oxygen atoms in total. The summed E-state index contributed by atoms with van der Waals surface area (Å²) in [4.78, 5) is 39.5. The Morgan fingerprint density at radius 2 is 1.76 bits per heavy atom. The standard InChI is InChI=1S/C28H29N5O4S/c1-28(2,3)27(35)36-15-19-14-21(38-20-12-8-5-9-13-20)26(37-19)33-17-31-22-23(29-16-30-24(22)33)32-25(34)18-10-6-4-7-11-18/h4-13,16-17,19,21,26H,14-15H2,1-3H3,(H,29,30,32,34)/t19-,21+,26+/m0/s1. The van der Waals surface area contributed by atoms with E-state index in [1.165, 1.54) is 6.33 Å². The highest BCUT2D eigenvalue weighted by molar-refractivity contribution is 8.00. The summed E-state index contributed by atoms with van der Waals surface area (Å²) >= 11 is 1.69. The number of anilines is 1. The summed E-state index contributed by atoms with van der Waals surface area (Å²) in [7, 11) is 0. The molecule has 1 saturated heterocycles. The molecule has 2 aromatic heterocycles. The molecule has 1 aliphatic rings. The van der Waals surface area contributed by atoms with Crippen molar-refractivity contribution in [3.8, 4) is 0 Å². The second kappa shape index (κ2) is 10.9. The Hall–Kier alpha value is -3.76. The van der Waals surface area contributed by atoms with E-state index >= 15 is 0 Å². The molecule has 1 N–H and O–H groups in total. The number of thioether (sulfide) groups is 1. The minimum atomic E-state index is -0.589. The van der Waals surface area contributed by atoms with Crippen molar-refractivity contribution in [3.05, 3.63) is 78.9 Å². The van der Waals surface area contributed by atoms with Crippen LogP contribution in [0.15, 0.2) is 78.2 Å². The maximum absolute atomic E-state index is 12.7. The maximum atomic E-state index is 12.7. The van der Waals surface area contributed by atoms with E-state index in [2.05, 4.69) is 32.4 Å². The summed E-state index contributed by atoms with van der Waals surface area (Å²) in [5, 5.41) is 2.85. The third-order valence-electron chi connectivity index (χ3n) is 6.09. The van der Waals surface area contributed by atoms with E-state index in [1.807, 2.05) is 49.6 Å². The number of aromatic nitrogens is 4. The Kier molecular flexibility index (Phi) is 7.44. The lowest BCUT2D eigenvalue weighted by atomic mass is 9.97. The highest BCUT2D eigenvalue weighted by atomic mass is 32.2. The highest BCUT2D eigenvalue weighted by Crippen LogP contribution is 2.42. The number of esters is 1. The van der Waals surface area contributed by atoms with Crippen molar-refractivity contribution in [2.24, 2.45) is 5.41 Å². The number of rotatable bonds is 7. The van der Waals surface area contributed by atoms with Crippen molar-refractivity contribution < 1.29 is 19.1 Å². The van der Waals surface area contributed by atoms with E-state index in [-0.39, 0.29) is 29.8 Å². The molecule has 1 aliphatic heterocycles. The van der Waals surface area contributed by atoms with Gasteiger partial charge in [0.2, 0.25) is 0 Å². The molecule has 4 aromatic rings. The van der Waals surface area contributed by atoms with Crippen molar-refractivity contribution in [2.75, 3.05) is 11.9 Å². The third kappa shape index (κ3) is 5.71. The number of carbonyl (C=O) groups is 2. The summed E-state index contributed by atoms with van der Waals surface area (Å²) in [5.41, 5.74) is 0.935. The van der Waals surface area contributed by atoms with Crippen molar-refractivity contribution >= 4 is 40.6 Å². The van der Waals surface area contributed by atoms with Gasteiger partial charge >= 0.3 is 5.97 Å². The molecular weight excluding hydrogens is 502 g/mol. The van der Waals surface area contributed by atoms with E-state index in [0.29, 0.717) is 29.0 Å². The van der Waals surface area contributed by atoms with Gasteiger partial charge in [0.25, 0.3) is 5.91 Å². The topological polar surface area (TPSA) is 108 Å². The van der Waals surface area contributed by atoms with E-state index in [0.717, 1.165) is 4.90 Å². The Morgan fingerprint density at radius 3 is 2.47 bits per heavy atom. The zero-order valence-electron chi connectivity index (χ0n) is 21.4. The fourth-order valence-electron chi connectivity index (χ4n) is 4.13. The molecule has 1 fully saturated rings. The molecule has 38 heavy (non-hydrogen) atoms. The summed E-state index contributed by atoms with van der Waals surface area (Å²) in [6.45, 7) is 5.64. The van der Waals surface area contributed by atoms with Crippen molar-refractivity contribution in [1.82, 2.24) is 19.5 Å². The first-order chi connectivity index (χ1) is 18.3. The van der Waals surface area contributed by atoms with Crippen LogP contribution in [0.25, 0.3) is 11.2 Å². The Balaban J connectivity index is 1.40. The van der Waals surface area contributed by atoms with E-state index in [9.17, 15) is 9.59 Å². The van der Waals surface area contributed by atoms with Crippen molar-refractivity contribution in [3.63, 3.8) is 0 Å². The van der Waals surface area contributed by atoms with Gasteiger partial charge in [-0.1, -0.05) is 36.4 Å². The number of nitrogens with one attached hydrogen (secondary N) is 1. The monoisotopic (exact) mass is 531 g/mol. The Labute approximate surface area is 225 Å². The van der Waals surface area contributed by atoms with Crippen LogP contribution in [0.1, 0.15) is 43.8 Å². The Morgan fingerprint density at radius 1 is 1.05 bits per heavy atom. The van der Waals surface area contributed by atoms with Crippen LogP contribution < -0.4 is 5.32 Å². The van der Waals surface area contributed by atoms with Gasteiger partial charge in [0.05, 0.1) is 23.1 Å². The van der Waals surface area contributed by atoms with Gasteiger partial charge in [-0.3, -0.25) is 14.2 Å². The number of ether oxygens (including phenoxy) is 2.